The minimum absolute atomic E-state index is 0.874. The highest BCUT2D eigenvalue weighted by Gasteiger charge is 2.21. The largest absolute Gasteiger partial charge is 0.456 e. The van der Waals surface area contributed by atoms with Crippen LogP contribution >= 0.6 is 0 Å². The Morgan fingerprint density at radius 1 is 0.408 bits per heavy atom. The maximum atomic E-state index is 6.39. The van der Waals surface area contributed by atoms with E-state index in [2.05, 4.69) is 179 Å². The highest BCUT2D eigenvalue weighted by Crippen LogP contribution is 2.45. The Labute approximate surface area is 283 Å². The summed E-state index contributed by atoms with van der Waals surface area (Å²) in [5.74, 6) is 0. The summed E-state index contributed by atoms with van der Waals surface area (Å²) in [6.07, 6.45) is 0. The molecule has 0 N–H and O–H groups in total. The molecule has 10 rings (SSSR count). The van der Waals surface area contributed by atoms with E-state index in [9.17, 15) is 0 Å². The number of hydrogen-bond acceptors (Lipinski definition) is 2. The van der Waals surface area contributed by atoms with Crippen molar-refractivity contribution in [3.8, 4) is 16.8 Å². The van der Waals surface area contributed by atoms with Gasteiger partial charge in [0.05, 0.1) is 22.1 Å². The van der Waals surface area contributed by atoms with Crippen LogP contribution in [0.2, 0.25) is 0 Å². The van der Waals surface area contributed by atoms with Gasteiger partial charge in [-0.15, -0.1) is 0 Å². The minimum Gasteiger partial charge on any atom is -0.456 e. The van der Waals surface area contributed by atoms with Gasteiger partial charge in [0.1, 0.15) is 11.2 Å². The van der Waals surface area contributed by atoms with Gasteiger partial charge >= 0.3 is 0 Å². The van der Waals surface area contributed by atoms with E-state index in [1.807, 2.05) is 12.1 Å². The fraction of sp³-hybridized carbons (Fsp3) is 0. The van der Waals surface area contributed by atoms with Crippen LogP contribution < -0.4 is 4.90 Å². The summed E-state index contributed by atoms with van der Waals surface area (Å²) in [7, 11) is 0. The summed E-state index contributed by atoms with van der Waals surface area (Å²) in [5.41, 5.74) is 10.9. The smallest absolute Gasteiger partial charge is 0.137 e. The SMILES string of the molecule is c1ccc(-c2ccc3c(c2)c2cc(N(c4ccc5ccccc5c4)c4cccc5oc6ccccc6c45)ccc2n3-c2ccccc2)cc1. The van der Waals surface area contributed by atoms with Crippen LogP contribution in [0.3, 0.4) is 0 Å². The number of aromatic nitrogens is 1. The van der Waals surface area contributed by atoms with Crippen LogP contribution in [-0.2, 0) is 0 Å². The van der Waals surface area contributed by atoms with Crippen LogP contribution in [0, 0.1) is 0 Å². The van der Waals surface area contributed by atoms with Gasteiger partial charge in [-0.25, -0.2) is 0 Å². The highest BCUT2D eigenvalue weighted by atomic mass is 16.3. The van der Waals surface area contributed by atoms with Gasteiger partial charge in [0.2, 0.25) is 0 Å². The fourth-order valence-electron chi connectivity index (χ4n) is 7.50. The summed E-state index contributed by atoms with van der Waals surface area (Å²) in [4.78, 5) is 2.39. The zero-order valence-electron chi connectivity index (χ0n) is 26.6. The maximum Gasteiger partial charge on any atom is 0.137 e. The Kier molecular flexibility index (Phi) is 6.18. The number of benzene rings is 8. The first-order valence-corrected chi connectivity index (χ1v) is 16.7. The molecule has 2 aromatic heterocycles. The second kappa shape index (κ2) is 11.0. The normalized spacial score (nSPS) is 11.7. The molecule has 8 aromatic carbocycles. The number of fused-ring (bicyclic) bond motifs is 7. The number of hydrogen-bond donors (Lipinski definition) is 0. The van der Waals surface area contributed by atoms with Gasteiger partial charge in [-0.1, -0.05) is 109 Å². The Morgan fingerprint density at radius 3 is 1.92 bits per heavy atom. The van der Waals surface area contributed by atoms with E-state index in [1.54, 1.807) is 0 Å². The first-order valence-electron chi connectivity index (χ1n) is 16.7. The number of rotatable bonds is 5. The van der Waals surface area contributed by atoms with E-state index in [-0.39, 0.29) is 0 Å². The zero-order chi connectivity index (χ0) is 32.3. The first-order chi connectivity index (χ1) is 24.3. The summed E-state index contributed by atoms with van der Waals surface area (Å²) in [6, 6.07) is 65.1. The van der Waals surface area contributed by atoms with Gasteiger partial charge in [-0.2, -0.15) is 0 Å². The summed E-state index contributed by atoms with van der Waals surface area (Å²) < 4.78 is 8.77. The van der Waals surface area contributed by atoms with Crippen molar-refractivity contribution in [1.29, 1.82) is 0 Å². The molecule has 0 saturated heterocycles. The highest BCUT2D eigenvalue weighted by molar-refractivity contribution is 6.15. The van der Waals surface area contributed by atoms with E-state index < -0.39 is 0 Å². The van der Waals surface area contributed by atoms with Gasteiger partial charge in [0, 0.05) is 33.2 Å². The topological polar surface area (TPSA) is 21.3 Å². The summed E-state index contributed by atoms with van der Waals surface area (Å²) in [6.45, 7) is 0. The molecule has 0 aliphatic carbocycles. The van der Waals surface area contributed by atoms with Crippen LogP contribution in [0.1, 0.15) is 0 Å². The van der Waals surface area contributed by atoms with Crippen molar-refractivity contribution in [1.82, 2.24) is 4.57 Å². The molecule has 0 bridgehead atoms. The molecule has 2 heterocycles. The quantitative estimate of drug-likeness (QED) is 0.190. The lowest BCUT2D eigenvalue weighted by Gasteiger charge is -2.27. The molecule has 0 aliphatic heterocycles. The van der Waals surface area contributed by atoms with Crippen LogP contribution in [-0.4, -0.2) is 4.57 Å². The molecule has 10 aromatic rings. The molecule has 0 spiro atoms. The molecule has 0 radical (unpaired) electrons. The number of nitrogens with zero attached hydrogens (tertiary/aromatic N) is 2. The van der Waals surface area contributed by atoms with Crippen molar-refractivity contribution in [2.75, 3.05) is 4.90 Å². The predicted octanol–water partition coefficient (Wildman–Crippen LogP) is 13.0. The van der Waals surface area contributed by atoms with Crippen LogP contribution in [0.15, 0.2) is 186 Å². The lowest BCUT2D eigenvalue weighted by molar-refractivity contribution is 0.669. The van der Waals surface area contributed by atoms with Gasteiger partial charge in [-0.05, 0) is 94.7 Å². The van der Waals surface area contributed by atoms with Crippen molar-refractivity contribution >= 4 is 71.6 Å². The van der Waals surface area contributed by atoms with Crippen molar-refractivity contribution in [2.45, 2.75) is 0 Å². The Morgan fingerprint density at radius 2 is 1.06 bits per heavy atom. The van der Waals surface area contributed by atoms with Crippen molar-refractivity contribution < 1.29 is 4.42 Å². The average Bonchev–Trinajstić information content (AvgIpc) is 3.71. The van der Waals surface area contributed by atoms with Crippen molar-refractivity contribution in [3.63, 3.8) is 0 Å². The van der Waals surface area contributed by atoms with E-state index in [0.717, 1.165) is 44.7 Å². The molecule has 230 valence electrons. The van der Waals surface area contributed by atoms with Crippen LogP contribution in [0.25, 0.3) is 71.3 Å². The van der Waals surface area contributed by atoms with E-state index in [1.165, 1.54) is 43.7 Å². The van der Waals surface area contributed by atoms with Crippen LogP contribution in [0.5, 0.6) is 0 Å². The van der Waals surface area contributed by atoms with Crippen molar-refractivity contribution in [2.24, 2.45) is 0 Å². The number of furan rings is 1. The number of para-hydroxylation sites is 2. The first kappa shape index (κ1) is 27.5. The predicted molar refractivity (Wildman–Crippen MR) is 206 cm³/mol. The molecular weight excluding hydrogens is 597 g/mol. The average molecular weight is 627 g/mol. The monoisotopic (exact) mass is 626 g/mol. The maximum absolute atomic E-state index is 6.39. The minimum atomic E-state index is 0.874. The Hall–Kier alpha value is -6.58. The van der Waals surface area contributed by atoms with E-state index in [4.69, 9.17) is 4.42 Å². The lowest BCUT2D eigenvalue weighted by atomic mass is 10.0. The molecule has 0 aliphatic rings. The molecule has 0 amide bonds. The molecule has 3 heteroatoms. The molecule has 0 atom stereocenters. The van der Waals surface area contributed by atoms with Gasteiger partial charge in [-0.3, -0.25) is 0 Å². The molecule has 0 fully saturated rings. The van der Waals surface area contributed by atoms with Gasteiger partial charge in [0.15, 0.2) is 0 Å². The van der Waals surface area contributed by atoms with E-state index >= 15 is 0 Å². The molecular formula is C46H30N2O. The number of anilines is 3. The second-order valence-electron chi connectivity index (χ2n) is 12.6. The van der Waals surface area contributed by atoms with Gasteiger partial charge in [0.25, 0.3) is 0 Å². The third-order valence-corrected chi connectivity index (χ3v) is 9.74. The standard InChI is InChI=1S/C46H30N2O/c1-3-12-31(13-4-1)34-23-26-41-39(29-34)40-30-37(25-27-42(40)48(41)35-16-5-2-6-17-35)47(36-24-22-32-14-7-8-15-33(32)28-36)43-19-11-21-45-46(43)38-18-9-10-20-44(38)49-45/h1-30H. The fourth-order valence-corrected chi connectivity index (χ4v) is 7.50. The Bertz CT molecular complexity index is 2830. The summed E-state index contributed by atoms with van der Waals surface area (Å²) >= 11 is 0. The second-order valence-corrected chi connectivity index (χ2v) is 12.6. The third-order valence-electron chi connectivity index (χ3n) is 9.74. The molecule has 0 saturated carbocycles. The molecule has 49 heavy (non-hydrogen) atoms. The van der Waals surface area contributed by atoms with Crippen LogP contribution in [0.4, 0.5) is 17.1 Å². The van der Waals surface area contributed by atoms with E-state index in [0.29, 0.717) is 0 Å². The lowest BCUT2D eigenvalue weighted by Crippen LogP contribution is -2.10. The third kappa shape index (κ3) is 4.44. The summed E-state index contributed by atoms with van der Waals surface area (Å²) in [5, 5.41) is 7.03. The molecule has 0 unspecified atom stereocenters. The molecule has 3 nitrogen and oxygen atoms in total. The Balaban J connectivity index is 1.28. The van der Waals surface area contributed by atoms with Crippen molar-refractivity contribution in [3.05, 3.63) is 182 Å². The zero-order valence-corrected chi connectivity index (χ0v) is 26.6. The van der Waals surface area contributed by atoms with Gasteiger partial charge < -0.3 is 13.9 Å².